The Balaban J connectivity index is 1.59. The third-order valence-electron chi connectivity index (χ3n) is 4.53. The van der Waals surface area contributed by atoms with Crippen LogP contribution >= 0.6 is 11.8 Å². The van der Waals surface area contributed by atoms with Crippen LogP contribution in [-0.4, -0.2) is 37.3 Å². The number of hydrogen-bond acceptors (Lipinski definition) is 5. The van der Waals surface area contributed by atoms with Gasteiger partial charge in [0.2, 0.25) is 0 Å². The van der Waals surface area contributed by atoms with Gasteiger partial charge in [-0.1, -0.05) is 24.3 Å². The van der Waals surface area contributed by atoms with Crippen LogP contribution < -0.4 is 15.4 Å². The van der Waals surface area contributed by atoms with Crippen LogP contribution in [0.5, 0.6) is 5.75 Å². The Labute approximate surface area is 181 Å². The van der Waals surface area contributed by atoms with E-state index in [9.17, 15) is 9.59 Å². The summed E-state index contributed by atoms with van der Waals surface area (Å²) in [6.45, 7) is 5.45. The highest BCUT2D eigenvalue weighted by Gasteiger charge is 2.20. The summed E-state index contributed by atoms with van der Waals surface area (Å²) in [6.07, 6.45) is 0.701. The lowest BCUT2D eigenvalue weighted by molar-refractivity contribution is -0.112. The Morgan fingerprint density at radius 3 is 2.60 bits per heavy atom. The fourth-order valence-electron chi connectivity index (χ4n) is 3.03. The van der Waals surface area contributed by atoms with Gasteiger partial charge in [0.25, 0.3) is 11.8 Å². The van der Waals surface area contributed by atoms with Gasteiger partial charge in [0.1, 0.15) is 16.4 Å². The number of para-hydroxylation sites is 1. The van der Waals surface area contributed by atoms with Crippen LogP contribution in [0.2, 0.25) is 0 Å². The molecule has 0 spiro atoms. The minimum atomic E-state index is -0.258. The molecule has 7 heteroatoms. The number of carbonyl (C=O) groups excluding carboxylic acids is 2. The molecule has 2 amide bonds. The maximum Gasteiger partial charge on any atom is 0.265 e. The van der Waals surface area contributed by atoms with E-state index in [0.717, 1.165) is 17.1 Å². The van der Waals surface area contributed by atoms with Crippen molar-refractivity contribution in [2.45, 2.75) is 20.3 Å². The van der Waals surface area contributed by atoms with Crippen LogP contribution in [0.3, 0.4) is 0 Å². The smallest absolute Gasteiger partial charge is 0.265 e. The zero-order chi connectivity index (χ0) is 21.3. The molecular weight excluding hydrogens is 400 g/mol. The van der Waals surface area contributed by atoms with Gasteiger partial charge >= 0.3 is 0 Å². The van der Waals surface area contributed by atoms with Gasteiger partial charge in [-0.15, -0.1) is 11.8 Å². The molecule has 1 heterocycles. The molecule has 0 atom stereocenters. The molecule has 0 bridgehead atoms. The van der Waals surface area contributed by atoms with E-state index in [0.29, 0.717) is 48.1 Å². The fourth-order valence-corrected chi connectivity index (χ4v) is 3.85. The van der Waals surface area contributed by atoms with Crippen molar-refractivity contribution in [1.29, 1.82) is 0 Å². The van der Waals surface area contributed by atoms with E-state index < -0.39 is 0 Å². The molecule has 2 N–H and O–H groups in total. The Hall–Kier alpha value is -2.93. The summed E-state index contributed by atoms with van der Waals surface area (Å²) in [6, 6.07) is 14.8. The van der Waals surface area contributed by atoms with Crippen molar-refractivity contribution in [3.05, 3.63) is 70.3 Å². The second-order valence-corrected chi connectivity index (χ2v) is 7.77. The molecule has 0 radical (unpaired) electrons. The van der Waals surface area contributed by atoms with E-state index in [1.54, 1.807) is 31.2 Å². The standard InChI is InChI=1S/C23H26N2O4S/c1-3-28-18-10-8-17(9-11-18)12-13-24-22(26)19-6-4-5-7-20(19)25-23(27)21-16(2)29-14-15-30-21/h4-11H,3,12-15H2,1-2H3,(H,24,26)(H,25,27). The Morgan fingerprint density at radius 1 is 1.10 bits per heavy atom. The highest BCUT2D eigenvalue weighted by Crippen LogP contribution is 2.27. The van der Waals surface area contributed by atoms with Crippen molar-refractivity contribution in [2.24, 2.45) is 0 Å². The molecule has 0 unspecified atom stereocenters. The first-order valence-electron chi connectivity index (χ1n) is 9.95. The van der Waals surface area contributed by atoms with Gasteiger partial charge in [0.05, 0.1) is 24.5 Å². The third-order valence-corrected chi connectivity index (χ3v) is 5.66. The summed E-state index contributed by atoms with van der Waals surface area (Å²) >= 11 is 1.46. The summed E-state index contributed by atoms with van der Waals surface area (Å²) in [5, 5.41) is 5.77. The first-order valence-corrected chi connectivity index (χ1v) is 10.9. The predicted octanol–water partition coefficient (Wildman–Crippen LogP) is 3.99. The summed E-state index contributed by atoms with van der Waals surface area (Å²) in [5.74, 6) is 1.69. The molecular formula is C23H26N2O4S. The lowest BCUT2D eigenvalue weighted by Gasteiger charge is -2.18. The third kappa shape index (κ3) is 5.79. The Kier molecular flexibility index (Phi) is 7.79. The number of anilines is 1. The Bertz CT molecular complexity index is 925. The molecule has 1 aliphatic rings. The van der Waals surface area contributed by atoms with Gasteiger partial charge in [-0.25, -0.2) is 0 Å². The predicted molar refractivity (Wildman–Crippen MR) is 120 cm³/mol. The molecule has 0 saturated carbocycles. The Morgan fingerprint density at radius 2 is 1.87 bits per heavy atom. The zero-order valence-electron chi connectivity index (χ0n) is 17.2. The summed E-state index contributed by atoms with van der Waals surface area (Å²) in [4.78, 5) is 25.9. The minimum Gasteiger partial charge on any atom is -0.496 e. The van der Waals surface area contributed by atoms with Crippen molar-refractivity contribution in [2.75, 3.05) is 30.8 Å². The number of benzene rings is 2. The van der Waals surface area contributed by atoms with Gasteiger partial charge in [-0.05, 0) is 50.1 Å². The second kappa shape index (κ2) is 10.7. The van der Waals surface area contributed by atoms with Crippen molar-refractivity contribution < 1.29 is 19.1 Å². The van der Waals surface area contributed by atoms with E-state index in [2.05, 4.69) is 10.6 Å². The van der Waals surface area contributed by atoms with Crippen LogP contribution in [0.4, 0.5) is 5.69 Å². The maximum absolute atomic E-state index is 12.7. The van der Waals surface area contributed by atoms with E-state index in [4.69, 9.17) is 9.47 Å². The van der Waals surface area contributed by atoms with Gasteiger partial charge in [-0.3, -0.25) is 9.59 Å². The number of rotatable bonds is 8. The molecule has 0 fully saturated rings. The second-order valence-electron chi connectivity index (χ2n) is 6.66. The number of nitrogens with one attached hydrogen (secondary N) is 2. The number of carbonyl (C=O) groups is 2. The van der Waals surface area contributed by atoms with E-state index in [-0.39, 0.29) is 11.8 Å². The van der Waals surface area contributed by atoms with Crippen molar-refractivity contribution >= 4 is 29.3 Å². The van der Waals surface area contributed by atoms with Crippen molar-refractivity contribution in [3.63, 3.8) is 0 Å². The largest absolute Gasteiger partial charge is 0.496 e. The highest BCUT2D eigenvalue weighted by atomic mass is 32.2. The molecule has 2 aromatic carbocycles. The zero-order valence-corrected chi connectivity index (χ0v) is 18.0. The number of hydrogen-bond donors (Lipinski definition) is 2. The minimum absolute atomic E-state index is 0.227. The van der Waals surface area contributed by atoms with Crippen molar-refractivity contribution in [3.8, 4) is 5.75 Å². The number of allylic oxidation sites excluding steroid dienone is 1. The monoisotopic (exact) mass is 426 g/mol. The molecule has 0 aliphatic carbocycles. The molecule has 158 valence electrons. The number of ether oxygens (including phenoxy) is 2. The first-order chi connectivity index (χ1) is 14.6. The molecule has 2 aromatic rings. The lowest BCUT2D eigenvalue weighted by atomic mass is 10.1. The average Bonchev–Trinajstić information content (AvgIpc) is 2.76. The van der Waals surface area contributed by atoms with Gasteiger partial charge in [0.15, 0.2) is 0 Å². The average molecular weight is 427 g/mol. The van der Waals surface area contributed by atoms with E-state index in [1.165, 1.54) is 11.8 Å². The van der Waals surface area contributed by atoms with Gasteiger partial charge in [-0.2, -0.15) is 0 Å². The summed E-state index contributed by atoms with van der Waals surface area (Å²) in [7, 11) is 0. The summed E-state index contributed by atoms with van der Waals surface area (Å²) in [5.41, 5.74) is 2.02. The first kappa shape index (κ1) is 21.8. The molecule has 6 nitrogen and oxygen atoms in total. The SMILES string of the molecule is CCOc1ccc(CCNC(=O)c2ccccc2NC(=O)C2=C(C)OCCS2)cc1. The lowest BCUT2D eigenvalue weighted by Crippen LogP contribution is -2.27. The van der Waals surface area contributed by atoms with Crippen LogP contribution in [0.25, 0.3) is 0 Å². The normalized spacial score (nSPS) is 13.4. The quantitative estimate of drug-likeness (QED) is 0.667. The molecule has 3 rings (SSSR count). The summed E-state index contributed by atoms with van der Waals surface area (Å²) < 4.78 is 10.9. The number of amides is 2. The van der Waals surface area contributed by atoms with Crippen molar-refractivity contribution in [1.82, 2.24) is 5.32 Å². The van der Waals surface area contributed by atoms with Crippen LogP contribution in [0.15, 0.2) is 59.2 Å². The van der Waals surface area contributed by atoms with Gasteiger partial charge < -0.3 is 20.1 Å². The molecule has 0 aromatic heterocycles. The topological polar surface area (TPSA) is 76.7 Å². The van der Waals surface area contributed by atoms with E-state index in [1.807, 2.05) is 31.2 Å². The number of thioether (sulfide) groups is 1. The highest BCUT2D eigenvalue weighted by molar-refractivity contribution is 8.04. The molecule has 30 heavy (non-hydrogen) atoms. The van der Waals surface area contributed by atoms with Gasteiger partial charge in [0, 0.05) is 12.3 Å². The fraction of sp³-hybridized carbons (Fsp3) is 0.304. The molecule has 0 saturated heterocycles. The van der Waals surface area contributed by atoms with E-state index >= 15 is 0 Å². The van der Waals surface area contributed by atoms with Crippen LogP contribution in [0.1, 0.15) is 29.8 Å². The van der Waals surface area contributed by atoms with Crippen LogP contribution in [0, 0.1) is 0 Å². The van der Waals surface area contributed by atoms with Crippen LogP contribution in [-0.2, 0) is 16.0 Å². The molecule has 1 aliphatic heterocycles. The maximum atomic E-state index is 12.7.